The Labute approximate surface area is 165 Å². The molecule has 3 heterocycles. The number of ether oxygens (including phenoxy) is 1. The number of hydrogen-bond acceptors (Lipinski definition) is 5. The molecule has 0 unspecified atom stereocenters. The van der Waals surface area contributed by atoms with Gasteiger partial charge in [0.1, 0.15) is 23.7 Å². The summed E-state index contributed by atoms with van der Waals surface area (Å²) in [5.41, 5.74) is 9.13. The number of hydrogen-bond donors (Lipinski definition) is 1. The van der Waals surface area contributed by atoms with Gasteiger partial charge in [-0.05, 0) is 35.9 Å². The second kappa shape index (κ2) is 7.03. The highest BCUT2D eigenvalue weighted by molar-refractivity contribution is 5.82. The molecule has 0 amide bonds. The molecule has 7 heteroatoms. The van der Waals surface area contributed by atoms with Crippen LogP contribution >= 0.6 is 0 Å². The third kappa shape index (κ3) is 3.32. The summed E-state index contributed by atoms with van der Waals surface area (Å²) in [5, 5.41) is 5.53. The highest BCUT2D eigenvalue weighted by Crippen LogP contribution is 2.28. The van der Waals surface area contributed by atoms with Gasteiger partial charge in [-0.15, -0.1) is 5.10 Å². The predicted molar refractivity (Wildman–Crippen MR) is 107 cm³/mol. The molecule has 3 aromatic heterocycles. The molecule has 0 aliphatic rings. The molecule has 0 fully saturated rings. The van der Waals surface area contributed by atoms with Crippen LogP contribution in [0.5, 0.6) is 5.88 Å². The first-order chi connectivity index (χ1) is 14.2. The summed E-state index contributed by atoms with van der Waals surface area (Å²) in [6, 6.07) is 19.0. The number of nitrogens with zero attached hydrogens (tertiary/aromatic N) is 3. The van der Waals surface area contributed by atoms with Crippen molar-refractivity contribution >= 4 is 16.6 Å². The number of aromatic nitrogens is 3. The molecule has 2 N–H and O–H groups in total. The summed E-state index contributed by atoms with van der Waals surface area (Å²) < 4.78 is 26.4. The van der Waals surface area contributed by atoms with Crippen molar-refractivity contribution < 1.29 is 13.5 Å². The van der Waals surface area contributed by atoms with E-state index in [9.17, 15) is 4.39 Å². The summed E-state index contributed by atoms with van der Waals surface area (Å²) >= 11 is 0. The van der Waals surface area contributed by atoms with E-state index in [1.165, 1.54) is 12.1 Å². The highest BCUT2D eigenvalue weighted by Gasteiger charge is 2.14. The highest BCUT2D eigenvalue weighted by atomic mass is 19.1. The van der Waals surface area contributed by atoms with Crippen molar-refractivity contribution in [2.45, 2.75) is 6.04 Å². The van der Waals surface area contributed by atoms with Crippen LogP contribution < -0.4 is 10.5 Å². The minimum absolute atomic E-state index is 0.207. The minimum atomic E-state index is -0.397. The van der Waals surface area contributed by atoms with Crippen LogP contribution in [0.4, 0.5) is 4.39 Å². The summed E-state index contributed by atoms with van der Waals surface area (Å²) in [7, 11) is 0. The zero-order chi connectivity index (χ0) is 19.8. The number of fused-ring (bicyclic) bond motifs is 2. The van der Waals surface area contributed by atoms with Crippen LogP contribution in [0.25, 0.3) is 28.1 Å². The Morgan fingerprint density at radius 2 is 1.90 bits per heavy atom. The first kappa shape index (κ1) is 17.4. The van der Waals surface area contributed by atoms with Crippen LogP contribution in [0.1, 0.15) is 11.6 Å². The summed E-state index contributed by atoms with van der Waals surface area (Å²) in [4.78, 5) is 4.38. The average molecular weight is 388 g/mol. The Morgan fingerprint density at radius 3 is 2.72 bits per heavy atom. The van der Waals surface area contributed by atoms with E-state index in [0.29, 0.717) is 17.3 Å². The Bertz CT molecular complexity index is 1260. The van der Waals surface area contributed by atoms with Crippen molar-refractivity contribution in [2.75, 3.05) is 6.61 Å². The Kier molecular flexibility index (Phi) is 4.22. The molecule has 0 bridgehead atoms. The second-order valence-electron chi connectivity index (χ2n) is 6.70. The van der Waals surface area contributed by atoms with Crippen LogP contribution in [0, 0.1) is 5.82 Å². The first-order valence-corrected chi connectivity index (χ1v) is 9.15. The maximum Gasteiger partial charge on any atom is 0.231 e. The lowest BCUT2D eigenvalue weighted by Crippen LogP contribution is -2.19. The van der Waals surface area contributed by atoms with Crippen LogP contribution in [0.2, 0.25) is 0 Å². The van der Waals surface area contributed by atoms with Crippen LogP contribution in [-0.2, 0) is 0 Å². The maximum atomic E-state index is 13.1. The fourth-order valence-electron chi connectivity index (χ4n) is 3.19. The molecule has 5 aromatic rings. The normalized spacial score (nSPS) is 12.5. The molecule has 5 rings (SSSR count). The molecule has 1 atom stereocenters. The summed E-state index contributed by atoms with van der Waals surface area (Å²) in [6.07, 6.45) is 1.72. The lowest BCUT2D eigenvalue weighted by atomic mass is 10.1. The monoisotopic (exact) mass is 388 g/mol. The molecule has 0 aliphatic heterocycles. The van der Waals surface area contributed by atoms with E-state index >= 15 is 0 Å². The molecule has 6 nitrogen and oxygen atoms in total. The van der Waals surface area contributed by atoms with Gasteiger partial charge in [-0.1, -0.05) is 30.3 Å². The van der Waals surface area contributed by atoms with Gasteiger partial charge in [-0.2, -0.15) is 0 Å². The zero-order valence-corrected chi connectivity index (χ0v) is 15.3. The van der Waals surface area contributed by atoms with Gasteiger partial charge in [0.15, 0.2) is 11.4 Å². The molecule has 0 aliphatic carbocycles. The summed E-state index contributed by atoms with van der Waals surface area (Å²) in [6.45, 7) is 0.207. The van der Waals surface area contributed by atoms with E-state index in [1.807, 2.05) is 36.4 Å². The van der Waals surface area contributed by atoms with Crippen molar-refractivity contribution in [3.05, 3.63) is 84.3 Å². The molecular weight excluding hydrogens is 371 g/mol. The third-order valence-corrected chi connectivity index (χ3v) is 4.72. The van der Waals surface area contributed by atoms with Crippen molar-refractivity contribution in [1.82, 2.24) is 14.6 Å². The van der Waals surface area contributed by atoms with Gasteiger partial charge < -0.3 is 14.9 Å². The van der Waals surface area contributed by atoms with Crippen LogP contribution in [0.15, 0.2) is 77.3 Å². The SMILES string of the molecule is N[C@H](COc1ccc2ncc(-c3cc4ccccc4o3)n2n1)c1ccc(F)cc1. The van der Waals surface area contributed by atoms with Crippen LogP contribution in [-0.4, -0.2) is 21.2 Å². The smallest absolute Gasteiger partial charge is 0.231 e. The van der Waals surface area contributed by atoms with Gasteiger partial charge in [0.05, 0.1) is 12.2 Å². The number of imidazole rings is 1. The van der Waals surface area contributed by atoms with Gasteiger partial charge in [0.25, 0.3) is 0 Å². The Hall–Kier alpha value is -3.71. The lowest BCUT2D eigenvalue weighted by Gasteiger charge is -2.13. The molecule has 0 saturated carbocycles. The standard InChI is InChI=1S/C22H17FN4O2/c23-16-7-5-14(6-8-16)17(24)13-28-22-10-9-21-25-12-18(27(21)26-22)20-11-15-3-1-2-4-19(15)29-20/h1-12,17H,13,24H2/t17-/m1/s1. The molecule has 144 valence electrons. The number of rotatable bonds is 5. The van der Waals surface area contributed by atoms with Gasteiger partial charge >= 0.3 is 0 Å². The van der Waals surface area contributed by atoms with E-state index in [-0.39, 0.29) is 12.4 Å². The fourth-order valence-corrected chi connectivity index (χ4v) is 3.19. The van der Waals surface area contributed by atoms with Gasteiger partial charge in [-0.3, -0.25) is 0 Å². The number of nitrogens with two attached hydrogens (primary N) is 1. The van der Waals surface area contributed by atoms with Crippen molar-refractivity contribution in [1.29, 1.82) is 0 Å². The predicted octanol–water partition coefficient (Wildman–Crippen LogP) is 4.36. The number of furan rings is 1. The van der Waals surface area contributed by atoms with Crippen molar-refractivity contribution in [3.63, 3.8) is 0 Å². The summed E-state index contributed by atoms with van der Waals surface area (Å²) in [5.74, 6) is 0.781. The topological polar surface area (TPSA) is 78.6 Å². The van der Waals surface area contributed by atoms with Crippen molar-refractivity contribution in [2.24, 2.45) is 5.73 Å². The lowest BCUT2D eigenvalue weighted by molar-refractivity contribution is 0.276. The van der Waals surface area contributed by atoms with Gasteiger partial charge in [0, 0.05) is 11.5 Å². The molecule has 29 heavy (non-hydrogen) atoms. The number of para-hydroxylation sites is 1. The molecule has 2 aromatic carbocycles. The first-order valence-electron chi connectivity index (χ1n) is 9.15. The second-order valence-corrected chi connectivity index (χ2v) is 6.70. The fraction of sp³-hybridized carbons (Fsp3) is 0.0909. The minimum Gasteiger partial charge on any atom is -0.475 e. The van der Waals surface area contributed by atoms with Crippen molar-refractivity contribution in [3.8, 4) is 17.3 Å². The maximum absolute atomic E-state index is 13.1. The number of benzene rings is 2. The van der Waals surface area contributed by atoms with Gasteiger partial charge in [-0.25, -0.2) is 13.9 Å². The van der Waals surface area contributed by atoms with E-state index in [4.69, 9.17) is 14.9 Å². The number of halogens is 1. The molecular formula is C22H17FN4O2. The third-order valence-electron chi connectivity index (χ3n) is 4.72. The largest absolute Gasteiger partial charge is 0.475 e. The van der Waals surface area contributed by atoms with Crippen LogP contribution in [0.3, 0.4) is 0 Å². The Balaban J connectivity index is 1.41. The van der Waals surface area contributed by atoms with E-state index in [2.05, 4.69) is 10.1 Å². The molecule has 0 radical (unpaired) electrons. The zero-order valence-electron chi connectivity index (χ0n) is 15.3. The quantitative estimate of drug-likeness (QED) is 0.484. The van der Waals surface area contributed by atoms with Gasteiger partial charge in [0.2, 0.25) is 5.88 Å². The van der Waals surface area contributed by atoms with E-state index in [1.54, 1.807) is 28.9 Å². The van der Waals surface area contributed by atoms with E-state index < -0.39 is 6.04 Å². The molecule has 0 spiro atoms. The molecule has 0 saturated heterocycles. The Morgan fingerprint density at radius 1 is 1.07 bits per heavy atom. The average Bonchev–Trinajstić information content (AvgIpc) is 3.35. The van der Waals surface area contributed by atoms with E-state index in [0.717, 1.165) is 22.2 Å².